The molecule has 1 aliphatic heterocycles. The molecule has 1 heterocycles. The van der Waals surface area contributed by atoms with Crippen LogP contribution in [0.4, 0.5) is 4.79 Å². The maximum Gasteiger partial charge on any atom is 0.410 e. The highest BCUT2D eigenvalue weighted by Gasteiger charge is 2.32. The van der Waals surface area contributed by atoms with Crippen molar-refractivity contribution in [3.8, 4) is 0 Å². The van der Waals surface area contributed by atoms with Gasteiger partial charge in [-0.15, -0.1) is 0 Å². The lowest BCUT2D eigenvalue weighted by molar-refractivity contribution is -0.0158. The van der Waals surface area contributed by atoms with Gasteiger partial charge in [-0.25, -0.2) is 4.79 Å². The van der Waals surface area contributed by atoms with Gasteiger partial charge in [-0.05, 0) is 12.8 Å². The Morgan fingerprint density at radius 1 is 1.27 bits per heavy atom. The fourth-order valence-corrected chi connectivity index (χ4v) is 2.50. The van der Waals surface area contributed by atoms with E-state index in [4.69, 9.17) is 9.84 Å². The monoisotopic (exact) mass is 213 g/mol. The quantitative estimate of drug-likeness (QED) is 0.756. The van der Waals surface area contributed by atoms with E-state index in [2.05, 4.69) is 0 Å². The van der Waals surface area contributed by atoms with Crippen LogP contribution in [-0.4, -0.2) is 41.4 Å². The first-order valence-electron chi connectivity index (χ1n) is 5.89. The van der Waals surface area contributed by atoms with Crippen molar-refractivity contribution in [3.63, 3.8) is 0 Å². The molecule has 1 aliphatic carbocycles. The lowest BCUT2D eigenvalue weighted by Crippen LogP contribution is -2.48. The molecule has 2 fully saturated rings. The molecule has 0 bridgehead atoms. The van der Waals surface area contributed by atoms with E-state index >= 15 is 0 Å². The zero-order chi connectivity index (χ0) is 10.7. The molecular weight excluding hydrogens is 194 g/mol. The van der Waals surface area contributed by atoms with Crippen molar-refractivity contribution in [2.75, 3.05) is 13.2 Å². The molecule has 1 saturated carbocycles. The molecule has 1 atom stereocenters. The summed E-state index contributed by atoms with van der Waals surface area (Å²) in [6.07, 6.45) is 6.20. The van der Waals surface area contributed by atoms with Crippen LogP contribution in [0.2, 0.25) is 0 Å². The van der Waals surface area contributed by atoms with Crippen LogP contribution in [0.5, 0.6) is 0 Å². The number of carbonyl (C=O) groups is 1. The number of cyclic esters (lactones) is 1. The van der Waals surface area contributed by atoms with E-state index in [0.29, 0.717) is 6.04 Å². The van der Waals surface area contributed by atoms with Crippen molar-refractivity contribution in [2.45, 2.75) is 50.7 Å². The fraction of sp³-hybridized carbons (Fsp3) is 0.909. The largest absolute Gasteiger partial charge is 0.444 e. The van der Waals surface area contributed by atoms with E-state index in [1.54, 1.807) is 0 Å². The summed E-state index contributed by atoms with van der Waals surface area (Å²) in [5, 5.41) is 8.91. The summed E-state index contributed by atoms with van der Waals surface area (Å²) >= 11 is 0. The molecule has 1 unspecified atom stereocenters. The predicted octanol–water partition coefficient (Wildman–Crippen LogP) is 1.52. The van der Waals surface area contributed by atoms with Crippen LogP contribution in [0.1, 0.15) is 38.5 Å². The summed E-state index contributed by atoms with van der Waals surface area (Å²) in [6.45, 7) is 0.693. The second-order valence-electron chi connectivity index (χ2n) is 4.46. The van der Waals surface area contributed by atoms with Crippen LogP contribution in [0, 0.1) is 0 Å². The van der Waals surface area contributed by atoms with E-state index in [1.165, 1.54) is 19.3 Å². The van der Waals surface area contributed by atoms with E-state index in [0.717, 1.165) is 25.8 Å². The summed E-state index contributed by atoms with van der Waals surface area (Å²) in [6, 6.07) is 0.380. The number of aliphatic hydroxyl groups is 1. The van der Waals surface area contributed by atoms with Crippen LogP contribution in [-0.2, 0) is 4.74 Å². The van der Waals surface area contributed by atoms with Gasteiger partial charge in [0.25, 0.3) is 0 Å². The lowest BCUT2D eigenvalue weighted by Gasteiger charge is -2.38. The maximum atomic E-state index is 11.7. The highest BCUT2D eigenvalue weighted by atomic mass is 16.6. The molecule has 4 heteroatoms. The Morgan fingerprint density at radius 3 is 2.60 bits per heavy atom. The molecule has 15 heavy (non-hydrogen) atoms. The second kappa shape index (κ2) is 4.84. The first kappa shape index (κ1) is 10.7. The fourth-order valence-electron chi connectivity index (χ4n) is 2.50. The van der Waals surface area contributed by atoms with Crippen LogP contribution < -0.4 is 0 Å². The van der Waals surface area contributed by atoms with Crippen molar-refractivity contribution >= 4 is 6.09 Å². The Labute approximate surface area is 90.2 Å². The number of hydrogen-bond donors (Lipinski definition) is 1. The van der Waals surface area contributed by atoms with Crippen LogP contribution >= 0.6 is 0 Å². The summed E-state index contributed by atoms with van der Waals surface area (Å²) < 4.78 is 5.14. The van der Waals surface area contributed by atoms with Crippen LogP contribution in [0.3, 0.4) is 0 Å². The Balaban J connectivity index is 1.90. The first-order chi connectivity index (χ1) is 7.31. The minimum absolute atomic E-state index is 0.0513. The van der Waals surface area contributed by atoms with Gasteiger partial charge < -0.3 is 14.7 Å². The highest BCUT2D eigenvalue weighted by Crippen LogP contribution is 2.25. The molecule has 2 aliphatic rings. The maximum absolute atomic E-state index is 11.7. The molecule has 1 N–H and O–H groups in total. The minimum atomic E-state index is -0.280. The van der Waals surface area contributed by atoms with E-state index in [1.807, 2.05) is 4.90 Å². The third kappa shape index (κ3) is 2.43. The third-order valence-corrected chi connectivity index (χ3v) is 3.41. The Kier molecular flexibility index (Phi) is 3.46. The topological polar surface area (TPSA) is 49.8 Å². The smallest absolute Gasteiger partial charge is 0.410 e. The standard InChI is InChI=1S/C11H19NO3/c13-8-10-6-7-12(11(14)15-10)9-4-2-1-3-5-9/h9-10,13H,1-8H2. The molecule has 0 aromatic heterocycles. The van der Waals surface area contributed by atoms with Gasteiger partial charge in [0.15, 0.2) is 0 Å². The van der Waals surface area contributed by atoms with Crippen molar-refractivity contribution in [2.24, 2.45) is 0 Å². The summed E-state index contributed by atoms with van der Waals surface area (Å²) in [5.74, 6) is 0. The van der Waals surface area contributed by atoms with Gasteiger partial charge in [-0.2, -0.15) is 0 Å². The Bertz CT molecular complexity index is 226. The van der Waals surface area contributed by atoms with Gasteiger partial charge in [0.05, 0.1) is 6.61 Å². The molecule has 1 saturated heterocycles. The summed E-state index contributed by atoms with van der Waals surface area (Å²) in [7, 11) is 0. The molecular formula is C11H19NO3. The zero-order valence-corrected chi connectivity index (χ0v) is 9.02. The van der Waals surface area contributed by atoms with Crippen molar-refractivity contribution < 1.29 is 14.6 Å². The average Bonchev–Trinajstić information content (AvgIpc) is 2.30. The number of aliphatic hydroxyl groups excluding tert-OH is 1. The molecule has 0 spiro atoms. The zero-order valence-electron chi connectivity index (χ0n) is 9.02. The normalized spacial score (nSPS) is 29.0. The Morgan fingerprint density at radius 2 is 2.00 bits per heavy atom. The molecule has 0 aromatic rings. The van der Waals surface area contributed by atoms with E-state index in [-0.39, 0.29) is 18.8 Å². The third-order valence-electron chi connectivity index (χ3n) is 3.41. The van der Waals surface area contributed by atoms with Crippen molar-refractivity contribution in [1.29, 1.82) is 0 Å². The number of amides is 1. The Hall–Kier alpha value is -0.770. The average molecular weight is 213 g/mol. The van der Waals surface area contributed by atoms with E-state index in [9.17, 15) is 4.79 Å². The lowest BCUT2D eigenvalue weighted by atomic mass is 9.94. The molecule has 2 rings (SSSR count). The SMILES string of the molecule is O=C1OC(CO)CCN1C1CCCCC1. The van der Waals surface area contributed by atoms with Crippen LogP contribution in [0.15, 0.2) is 0 Å². The van der Waals surface area contributed by atoms with Gasteiger partial charge in [-0.1, -0.05) is 19.3 Å². The van der Waals surface area contributed by atoms with Crippen molar-refractivity contribution in [3.05, 3.63) is 0 Å². The van der Waals surface area contributed by atoms with E-state index < -0.39 is 0 Å². The van der Waals surface area contributed by atoms with Gasteiger partial charge in [0, 0.05) is 19.0 Å². The van der Waals surface area contributed by atoms with Gasteiger partial charge in [0.2, 0.25) is 0 Å². The molecule has 0 radical (unpaired) electrons. The number of carbonyl (C=O) groups excluding carboxylic acids is 1. The van der Waals surface area contributed by atoms with Crippen molar-refractivity contribution in [1.82, 2.24) is 4.90 Å². The number of ether oxygens (including phenoxy) is 1. The van der Waals surface area contributed by atoms with Gasteiger partial charge in [-0.3, -0.25) is 0 Å². The molecule has 4 nitrogen and oxygen atoms in total. The molecule has 0 aromatic carbocycles. The molecule has 86 valence electrons. The number of hydrogen-bond acceptors (Lipinski definition) is 3. The minimum Gasteiger partial charge on any atom is -0.444 e. The summed E-state index contributed by atoms with van der Waals surface area (Å²) in [5.41, 5.74) is 0. The molecule has 1 amide bonds. The first-order valence-corrected chi connectivity index (χ1v) is 5.89. The summed E-state index contributed by atoms with van der Waals surface area (Å²) in [4.78, 5) is 13.5. The number of nitrogens with zero attached hydrogens (tertiary/aromatic N) is 1. The number of rotatable bonds is 2. The van der Waals surface area contributed by atoms with Gasteiger partial charge >= 0.3 is 6.09 Å². The predicted molar refractivity (Wildman–Crippen MR) is 55.6 cm³/mol. The highest BCUT2D eigenvalue weighted by molar-refractivity contribution is 5.69. The van der Waals surface area contributed by atoms with Gasteiger partial charge in [0.1, 0.15) is 6.10 Å². The second-order valence-corrected chi connectivity index (χ2v) is 4.46. The van der Waals surface area contributed by atoms with Crippen LogP contribution in [0.25, 0.3) is 0 Å².